The lowest BCUT2D eigenvalue weighted by Crippen LogP contribution is -2.21. The molecule has 0 unspecified atom stereocenters. The van der Waals surface area contributed by atoms with Crippen LogP contribution >= 0.6 is 11.6 Å². The predicted molar refractivity (Wildman–Crippen MR) is 89.0 cm³/mol. The lowest BCUT2D eigenvalue weighted by atomic mass is 10.1. The number of halogens is 2. The van der Waals surface area contributed by atoms with E-state index < -0.39 is 0 Å². The number of hydrogen-bond acceptors (Lipinski definition) is 3. The Morgan fingerprint density at radius 3 is 2.87 bits per heavy atom. The quantitative estimate of drug-likeness (QED) is 0.879. The summed E-state index contributed by atoms with van der Waals surface area (Å²) in [5.74, 6) is 0.456. The molecule has 1 aliphatic heterocycles. The number of benzene rings is 2. The molecule has 0 atom stereocenters. The van der Waals surface area contributed by atoms with Crippen LogP contribution in [0, 0.1) is 5.82 Å². The maximum absolute atomic E-state index is 13.3. The first kappa shape index (κ1) is 16.0. The first-order valence-electron chi connectivity index (χ1n) is 7.36. The van der Waals surface area contributed by atoms with Gasteiger partial charge in [0, 0.05) is 29.2 Å². The minimum absolute atomic E-state index is 0.295. The van der Waals surface area contributed by atoms with Gasteiger partial charge in [-0.25, -0.2) is 4.39 Å². The van der Waals surface area contributed by atoms with Gasteiger partial charge in [0.05, 0.1) is 6.61 Å². The molecule has 0 spiro atoms. The van der Waals surface area contributed by atoms with Gasteiger partial charge in [-0.05, 0) is 47.5 Å². The summed E-state index contributed by atoms with van der Waals surface area (Å²) < 4.78 is 19.0. The van der Waals surface area contributed by atoms with Gasteiger partial charge < -0.3 is 15.2 Å². The van der Waals surface area contributed by atoms with E-state index in [-0.39, 0.29) is 12.4 Å². The summed E-state index contributed by atoms with van der Waals surface area (Å²) in [6.07, 6.45) is 2.07. The second-order valence-electron chi connectivity index (χ2n) is 5.46. The number of ether oxygens (including phenoxy) is 1. The highest BCUT2D eigenvalue weighted by Crippen LogP contribution is 2.28. The zero-order valence-corrected chi connectivity index (χ0v) is 13.2. The van der Waals surface area contributed by atoms with E-state index in [1.54, 1.807) is 12.1 Å². The van der Waals surface area contributed by atoms with E-state index in [0.29, 0.717) is 30.3 Å². The van der Waals surface area contributed by atoms with Crippen LogP contribution in [0.3, 0.4) is 0 Å². The second kappa shape index (κ2) is 7.13. The number of aliphatic hydroxyl groups is 1. The van der Waals surface area contributed by atoms with Gasteiger partial charge in [-0.15, -0.1) is 0 Å². The van der Waals surface area contributed by atoms with Crippen LogP contribution < -0.4 is 10.1 Å². The molecule has 2 N–H and O–H groups in total. The molecule has 3 rings (SSSR count). The van der Waals surface area contributed by atoms with Gasteiger partial charge in [0.2, 0.25) is 0 Å². The van der Waals surface area contributed by atoms with Crippen molar-refractivity contribution >= 4 is 17.7 Å². The van der Waals surface area contributed by atoms with Gasteiger partial charge in [-0.1, -0.05) is 17.7 Å². The summed E-state index contributed by atoms with van der Waals surface area (Å²) in [4.78, 5) is 0. The molecule has 0 saturated carbocycles. The smallest absolute Gasteiger partial charge is 0.128 e. The van der Waals surface area contributed by atoms with Crippen molar-refractivity contribution in [1.82, 2.24) is 5.32 Å². The third kappa shape index (κ3) is 3.91. The molecular formula is C18H17ClFNO2. The SMILES string of the molecule is OCc1cc(CNCC2=Cc3cc(Cl)ccc3OC2)ccc1F. The number of hydrogen-bond donors (Lipinski definition) is 2. The Bertz CT molecular complexity index is 746. The fraction of sp³-hybridized carbons (Fsp3) is 0.222. The lowest BCUT2D eigenvalue weighted by molar-refractivity contribution is 0.275. The van der Waals surface area contributed by atoms with E-state index >= 15 is 0 Å². The Morgan fingerprint density at radius 2 is 2.04 bits per heavy atom. The van der Waals surface area contributed by atoms with Crippen molar-refractivity contribution in [3.8, 4) is 5.75 Å². The Morgan fingerprint density at radius 1 is 1.17 bits per heavy atom. The van der Waals surface area contributed by atoms with Gasteiger partial charge in [0.15, 0.2) is 0 Å². The summed E-state index contributed by atoms with van der Waals surface area (Å²) in [6.45, 7) is 1.49. The normalized spacial score (nSPS) is 13.3. The summed E-state index contributed by atoms with van der Waals surface area (Å²) >= 11 is 6.00. The Labute approximate surface area is 139 Å². The maximum atomic E-state index is 13.3. The first-order valence-corrected chi connectivity index (χ1v) is 7.74. The Kier molecular flexibility index (Phi) is 4.96. The molecule has 1 heterocycles. The standard InChI is InChI=1S/C18H17ClFNO2/c19-16-2-4-18-14(7-16)6-13(11-23-18)9-21-8-12-1-3-17(20)15(5-12)10-22/h1-7,21-22H,8-11H2. The number of aliphatic hydroxyl groups excluding tert-OH is 1. The maximum Gasteiger partial charge on any atom is 0.128 e. The van der Waals surface area contributed by atoms with Crippen molar-refractivity contribution in [2.24, 2.45) is 0 Å². The van der Waals surface area contributed by atoms with Crippen LogP contribution in [0.1, 0.15) is 16.7 Å². The molecule has 5 heteroatoms. The van der Waals surface area contributed by atoms with Crippen LogP contribution in [-0.2, 0) is 13.2 Å². The molecular weight excluding hydrogens is 317 g/mol. The van der Waals surface area contributed by atoms with E-state index in [1.807, 2.05) is 18.2 Å². The molecule has 0 saturated heterocycles. The fourth-order valence-corrected chi connectivity index (χ4v) is 2.70. The van der Waals surface area contributed by atoms with E-state index in [1.165, 1.54) is 6.07 Å². The molecule has 0 amide bonds. The van der Waals surface area contributed by atoms with E-state index in [9.17, 15) is 4.39 Å². The third-order valence-corrected chi connectivity index (χ3v) is 3.94. The van der Waals surface area contributed by atoms with Crippen LogP contribution in [0.5, 0.6) is 5.75 Å². The summed E-state index contributed by atoms with van der Waals surface area (Å²) in [5.41, 5.74) is 3.33. The van der Waals surface area contributed by atoms with E-state index in [4.69, 9.17) is 21.4 Å². The average molecular weight is 334 g/mol. The van der Waals surface area contributed by atoms with Crippen molar-refractivity contribution < 1.29 is 14.2 Å². The summed E-state index contributed by atoms with van der Waals surface area (Å²) in [7, 11) is 0. The highest BCUT2D eigenvalue weighted by molar-refractivity contribution is 6.30. The molecule has 23 heavy (non-hydrogen) atoms. The van der Waals surface area contributed by atoms with Crippen molar-refractivity contribution in [3.05, 3.63) is 69.5 Å². The Balaban J connectivity index is 1.61. The largest absolute Gasteiger partial charge is 0.489 e. The van der Waals surface area contributed by atoms with Crippen LogP contribution in [0.4, 0.5) is 4.39 Å². The summed E-state index contributed by atoms with van der Waals surface area (Å²) in [5, 5.41) is 13.1. The Hall–Kier alpha value is -1.88. The third-order valence-electron chi connectivity index (χ3n) is 3.71. The minimum atomic E-state index is -0.381. The predicted octanol–water partition coefficient (Wildman–Crippen LogP) is 3.54. The molecule has 2 aromatic carbocycles. The highest BCUT2D eigenvalue weighted by Gasteiger charge is 2.11. The first-order chi connectivity index (χ1) is 11.2. The molecule has 1 aliphatic rings. The van der Waals surface area contributed by atoms with Crippen molar-refractivity contribution in [1.29, 1.82) is 0 Å². The van der Waals surface area contributed by atoms with Crippen LogP contribution in [0.15, 0.2) is 42.0 Å². The van der Waals surface area contributed by atoms with Gasteiger partial charge in [0.25, 0.3) is 0 Å². The molecule has 0 fully saturated rings. The number of fused-ring (bicyclic) bond motifs is 1. The topological polar surface area (TPSA) is 41.5 Å². The molecule has 2 aromatic rings. The molecule has 0 bridgehead atoms. The van der Waals surface area contributed by atoms with Crippen molar-refractivity contribution in [2.75, 3.05) is 13.2 Å². The van der Waals surface area contributed by atoms with E-state index in [2.05, 4.69) is 11.4 Å². The second-order valence-corrected chi connectivity index (χ2v) is 5.90. The number of rotatable bonds is 5. The number of nitrogens with one attached hydrogen (secondary N) is 1. The monoisotopic (exact) mass is 333 g/mol. The van der Waals surface area contributed by atoms with Crippen LogP contribution in [0.2, 0.25) is 5.02 Å². The molecule has 3 nitrogen and oxygen atoms in total. The molecule has 120 valence electrons. The molecule has 0 aromatic heterocycles. The molecule has 0 radical (unpaired) electrons. The highest BCUT2D eigenvalue weighted by atomic mass is 35.5. The van der Waals surface area contributed by atoms with Crippen LogP contribution in [-0.4, -0.2) is 18.3 Å². The van der Waals surface area contributed by atoms with Gasteiger partial charge in [-0.2, -0.15) is 0 Å². The molecule has 0 aliphatic carbocycles. The lowest BCUT2D eigenvalue weighted by Gasteiger charge is -2.18. The average Bonchev–Trinajstić information content (AvgIpc) is 2.56. The van der Waals surface area contributed by atoms with E-state index in [0.717, 1.165) is 22.4 Å². The van der Waals surface area contributed by atoms with Gasteiger partial charge >= 0.3 is 0 Å². The van der Waals surface area contributed by atoms with Crippen molar-refractivity contribution in [3.63, 3.8) is 0 Å². The summed E-state index contributed by atoms with van der Waals surface area (Å²) in [6, 6.07) is 10.3. The zero-order chi connectivity index (χ0) is 16.2. The van der Waals surface area contributed by atoms with Gasteiger partial charge in [-0.3, -0.25) is 0 Å². The van der Waals surface area contributed by atoms with Crippen LogP contribution in [0.25, 0.3) is 6.08 Å². The minimum Gasteiger partial charge on any atom is -0.489 e. The zero-order valence-electron chi connectivity index (χ0n) is 12.5. The fourth-order valence-electron chi connectivity index (χ4n) is 2.52. The van der Waals surface area contributed by atoms with Gasteiger partial charge in [0.1, 0.15) is 18.2 Å². The van der Waals surface area contributed by atoms with Crippen molar-refractivity contribution in [2.45, 2.75) is 13.2 Å².